The number of hydrogen-bond donors (Lipinski definition) is 2. The number of anilines is 3. The van der Waals surface area contributed by atoms with Crippen LogP contribution in [0.5, 0.6) is 5.75 Å². The molecule has 1 aliphatic heterocycles. The van der Waals surface area contributed by atoms with Crippen LogP contribution in [0.25, 0.3) is 11.3 Å². The maximum atomic E-state index is 10.7. The van der Waals surface area contributed by atoms with Crippen molar-refractivity contribution in [2.45, 2.75) is 13.5 Å². The molecule has 0 bridgehead atoms. The summed E-state index contributed by atoms with van der Waals surface area (Å²) in [7, 11) is 0. The van der Waals surface area contributed by atoms with Crippen molar-refractivity contribution in [1.29, 1.82) is 0 Å². The quantitative estimate of drug-likeness (QED) is 0.327. The number of carbonyl (C=O) groups is 1. The van der Waals surface area contributed by atoms with E-state index in [1.54, 1.807) is 0 Å². The normalized spacial score (nSPS) is 14.0. The number of aromatic amines is 1. The second kappa shape index (κ2) is 11.1. The summed E-state index contributed by atoms with van der Waals surface area (Å²) in [6, 6.07) is 26.6. The molecule has 3 aromatic carbocycles. The topological polar surface area (TPSA) is 73.5 Å². The summed E-state index contributed by atoms with van der Waals surface area (Å²) in [5.41, 5.74) is 6.53. The van der Waals surface area contributed by atoms with E-state index in [1.807, 2.05) is 48.5 Å². The minimum atomic E-state index is 0.521. The number of aromatic nitrogens is 2. The Morgan fingerprint density at radius 3 is 2.47 bits per heavy atom. The molecule has 36 heavy (non-hydrogen) atoms. The SMILES string of the molecule is Cc1cc(N2CCN(CC=O)CC2)ccc1Nc1cc(-c2ccc(OCc3ccccc3)cc2)[nH]n1. The minimum Gasteiger partial charge on any atom is -0.489 e. The van der Waals surface area contributed by atoms with Gasteiger partial charge in [-0.2, -0.15) is 5.10 Å². The Hall–Kier alpha value is -4.10. The molecule has 2 N–H and O–H groups in total. The monoisotopic (exact) mass is 481 g/mol. The third kappa shape index (κ3) is 5.75. The van der Waals surface area contributed by atoms with Crippen LogP contribution in [0, 0.1) is 6.92 Å². The second-order valence-electron chi connectivity index (χ2n) is 9.04. The molecular weight excluding hydrogens is 450 g/mol. The van der Waals surface area contributed by atoms with Crippen molar-refractivity contribution in [2.75, 3.05) is 42.9 Å². The molecule has 0 unspecified atom stereocenters. The predicted octanol–water partition coefficient (Wildman–Crippen LogP) is 5.03. The fraction of sp³-hybridized carbons (Fsp3) is 0.241. The van der Waals surface area contributed by atoms with Crippen molar-refractivity contribution in [3.05, 3.63) is 90.0 Å². The molecule has 1 saturated heterocycles. The third-order valence-corrected chi connectivity index (χ3v) is 6.53. The smallest absolute Gasteiger partial charge is 0.152 e. The van der Waals surface area contributed by atoms with Crippen LogP contribution in [-0.4, -0.2) is 54.1 Å². The highest BCUT2D eigenvalue weighted by molar-refractivity contribution is 5.69. The number of hydrogen-bond acceptors (Lipinski definition) is 6. The fourth-order valence-corrected chi connectivity index (χ4v) is 4.42. The van der Waals surface area contributed by atoms with E-state index in [9.17, 15) is 4.79 Å². The summed E-state index contributed by atoms with van der Waals surface area (Å²) in [6.07, 6.45) is 0.984. The van der Waals surface area contributed by atoms with E-state index in [0.717, 1.165) is 72.1 Å². The Morgan fingerprint density at radius 2 is 1.75 bits per heavy atom. The molecule has 1 fully saturated rings. The first-order chi connectivity index (χ1) is 17.7. The first kappa shape index (κ1) is 23.6. The lowest BCUT2D eigenvalue weighted by atomic mass is 10.1. The first-order valence-corrected chi connectivity index (χ1v) is 12.3. The van der Waals surface area contributed by atoms with Gasteiger partial charge in [0.15, 0.2) is 5.82 Å². The number of nitrogens with one attached hydrogen (secondary N) is 2. The highest BCUT2D eigenvalue weighted by atomic mass is 16.5. The van der Waals surface area contributed by atoms with Gasteiger partial charge in [0.2, 0.25) is 0 Å². The van der Waals surface area contributed by atoms with Gasteiger partial charge in [-0.1, -0.05) is 30.3 Å². The van der Waals surface area contributed by atoms with Gasteiger partial charge >= 0.3 is 0 Å². The lowest BCUT2D eigenvalue weighted by molar-refractivity contribution is -0.108. The van der Waals surface area contributed by atoms with Crippen molar-refractivity contribution in [2.24, 2.45) is 0 Å². The Bertz CT molecular complexity index is 1280. The van der Waals surface area contributed by atoms with Gasteiger partial charge in [0.1, 0.15) is 18.6 Å². The summed E-state index contributed by atoms with van der Waals surface area (Å²) < 4.78 is 5.89. The van der Waals surface area contributed by atoms with Gasteiger partial charge in [0.25, 0.3) is 0 Å². The Labute approximate surface area is 211 Å². The number of nitrogens with zero attached hydrogens (tertiary/aromatic N) is 3. The van der Waals surface area contributed by atoms with Crippen molar-refractivity contribution in [3.63, 3.8) is 0 Å². The minimum absolute atomic E-state index is 0.521. The van der Waals surface area contributed by atoms with E-state index in [-0.39, 0.29) is 0 Å². The van der Waals surface area contributed by atoms with Crippen molar-refractivity contribution >= 4 is 23.5 Å². The van der Waals surface area contributed by atoms with Gasteiger partial charge in [-0.05, 0) is 66.1 Å². The molecule has 7 heteroatoms. The number of piperazine rings is 1. The van der Waals surface area contributed by atoms with Gasteiger partial charge in [0, 0.05) is 43.6 Å². The molecule has 4 aromatic rings. The van der Waals surface area contributed by atoms with Crippen LogP contribution in [0.3, 0.4) is 0 Å². The van der Waals surface area contributed by atoms with Gasteiger partial charge in [-0.25, -0.2) is 0 Å². The van der Waals surface area contributed by atoms with Crippen LogP contribution < -0.4 is 15.0 Å². The maximum absolute atomic E-state index is 10.7. The zero-order valence-corrected chi connectivity index (χ0v) is 20.5. The molecule has 184 valence electrons. The molecular formula is C29H31N5O2. The van der Waals surface area contributed by atoms with E-state index in [4.69, 9.17) is 4.74 Å². The number of rotatable bonds is 9. The largest absolute Gasteiger partial charge is 0.489 e. The van der Waals surface area contributed by atoms with E-state index < -0.39 is 0 Å². The van der Waals surface area contributed by atoms with Crippen LogP contribution in [0.1, 0.15) is 11.1 Å². The van der Waals surface area contributed by atoms with Crippen LogP contribution in [0.2, 0.25) is 0 Å². The first-order valence-electron chi connectivity index (χ1n) is 12.3. The lowest BCUT2D eigenvalue weighted by Crippen LogP contribution is -2.46. The molecule has 0 aliphatic carbocycles. The molecule has 2 heterocycles. The van der Waals surface area contributed by atoms with Gasteiger partial charge in [0.05, 0.1) is 12.2 Å². The summed E-state index contributed by atoms with van der Waals surface area (Å²) >= 11 is 0. The summed E-state index contributed by atoms with van der Waals surface area (Å²) in [6.45, 7) is 6.86. The molecule has 0 amide bonds. The second-order valence-corrected chi connectivity index (χ2v) is 9.04. The van der Waals surface area contributed by atoms with Crippen LogP contribution in [0.4, 0.5) is 17.2 Å². The van der Waals surface area contributed by atoms with Crippen LogP contribution >= 0.6 is 0 Å². The average Bonchev–Trinajstić information content (AvgIpc) is 3.39. The highest BCUT2D eigenvalue weighted by Gasteiger charge is 2.17. The maximum Gasteiger partial charge on any atom is 0.152 e. The van der Waals surface area contributed by atoms with Crippen molar-refractivity contribution < 1.29 is 9.53 Å². The zero-order chi connectivity index (χ0) is 24.7. The molecule has 0 radical (unpaired) electrons. The van der Waals surface area contributed by atoms with E-state index in [0.29, 0.717) is 13.2 Å². The predicted molar refractivity (Wildman–Crippen MR) is 144 cm³/mol. The fourth-order valence-electron chi connectivity index (χ4n) is 4.42. The van der Waals surface area contributed by atoms with Crippen LogP contribution in [0.15, 0.2) is 78.9 Å². The molecule has 5 rings (SSSR count). The average molecular weight is 482 g/mol. The van der Waals surface area contributed by atoms with Gasteiger partial charge in [-0.3, -0.25) is 10.00 Å². The van der Waals surface area contributed by atoms with Crippen LogP contribution in [-0.2, 0) is 11.4 Å². The molecule has 0 spiro atoms. The Kier molecular flexibility index (Phi) is 7.28. The van der Waals surface area contributed by atoms with E-state index >= 15 is 0 Å². The number of aryl methyl sites for hydroxylation is 1. The van der Waals surface area contributed by atoms with E-state index in [2.05, 4.69) is 62.6 Å². The number of aldehydes is 1. The number of ether oxygens (including phenoxy) is 1. The number of carbonyl (C=O) groups excluding carboxylic acids is 1. The molecule has 1 aromatic heterocycles. The standard InChI is InChI=1S/C29H31N5O2/c1-22-19-25(34-15-13-33(14-16-34)17-18-35)9-12-27(22)30-29-20-28(31-32-29)24-7-10-26(11-8-24)36-21-23-5-3-2-4-6-23/h2-12,18-20H,13-17,21H2,1H3,(H2,30,31,32). The third-order valence-electron chi connectivity index (χ3n) is 6.53. The molecule has 1 aliphatic rings. The Balaban J connectivity index is 1.18. The Morgan fingerprint density at radius 1 is 0.972 bits per heavy atom. The molecule has 7 nitrogen and oxygen atoms in total. The van der Waals surface area contributed by atoms with Crippen molar-refractivity contribution in [1.82, 2.24) is 15.1 Å². The lowest BCUT2D eigenvalue weighted by Gasteiger charge is -2.35. The molecule has 0 atom stereocenters. The van der Waals surface area contributed by atoms with E-state index in [1.165, 1.54) is 5.69 Å². The summed E-state index contributed by atoms with van der Waals surface area (Å²) in [5, 5.41) is 11.0. The zero-order valence-electron chi connectivity index (χ0n) is 20.5. The molecule has 0 saturated carbocycles. The van der Waals surface area contributed by atoms with Gasteiger partial charge in [-0.15, -0.1) is 0 Å². The van der Waals surface area contributed by atoms with Gasteiger partial charge < -0.3 is 19.7 Å². The number of H-pyrrole nitrogens is 1. The number of benzene rings is 3. The van der Waals surface area contributed by atoms with Crippen molar-refractivity contribution in [3.8, 4) is 17.0 Å². The summed E-state index contributed by atoms with van der Waals surface area (Å²) in [5.74, 6) is 1.61. The summed E-state index contributed by atoms with van der Waals surface area (Å²) in [4.78, 5) is 15.3. The highest BCUT2D eigenvalue weighted by Crippen LogP contribution is 2.28.